The van der Waals surface area contributed by atoms with Crippen molar-refractivity contribution in [3.63, 3.8) is 0 Å². The first-order chi connectivity index (χ1) is 10.9. The first-order valence-corrected chi connectivity index (χ1v) is 7.42. The average Bonchev–Trinajstić information content (AvgIpc) is 2.48. The minimum Gasteiger partial charge on any atom is -0.481 e. The second kappa shape index (κ2) is 7.65. The molecule has 0 aliphatic rings. The van der Waals surface area contributed by atoms with Crippen LogP contribution in [0.2, 0.25) is 5.02 Å². The number of hydrogen-bond donors (Lipinski definition) is 2. The second-order valence-electron chi connectivity index (χ2n) is 4.97. The summed E-state index contributed by atoms with van der Waals surface area (Å²) in [4.78, 5) is 23.1. The highest BCUT2D eigenvalue weighted by molar-refractivity contribution is 6.30. The topological polar surface area (TPSA) is 67.4 Å². The van der Waals surface area contributed by atoms with Gasteiger partial charge in [0.15, 0.2) is 6.10 Å². The minimum atomic E-state index is -0.680. The highest BCUT2D eigenvalue weighted by Crippen LogP contribution is 2.18. The summed E-state index contributed by atoms with van der Waals surface area (Å²) in [5, 5.41) is 5.94. The summed E-state index contributed by atoms with van der Waals surface area (Å²) in [5.41, 5.74) is 1.28. The van der Waals surface area contributed by atoms with E-state index in [9.17, 15) is 9.59 Å². The Balaban J connectivity index is 1.94. The van der Waals surface area contributed by atoms with Crippen molar-refractivity contribution in [2.45, 2.75) is 20.0 Å². The molecule has 2 rings (SSSR count). The molecule has 0 fully saturated rings. The highest BCUT2D eigenvalue weighted by Gasteiger charge is 2.15. The number of halogens is 1. The summed E-state index contributed by atoms with van der Waals surface area (Å²) >= 11 is 5.88. The van der Waals surface area contributed by atoms with Gasteiger partial charge in [0, 0.05) is 23.3 Å². The second-order valence-corrected chi connectivity index (χ2v) is 5.40. The van der Waals surface area contributed by atoms with E-state index < -0.39 is 6.10 Å². The predicted octanol–water partition coefficient (Wildman–Crippen LogP) is 3.70. The Bertz CT molecular complexity index is 701. The van der Waals surface area contributed by atoms with Crippen LogP contribution in [0.15, 0.2) is 48.5 Å². The molecule has 0 aliphatic carbocycles. The van der Waals surface area contributed by atoms with Crippen LogP contribution in [0.1, 0.15) is 13.8 Å². The van der Waals surface area contributed by atoms with Crippen LogP contribution in [0.4, 0.5) is 11.4 Å². The van der Waals surface area contributed by atoms with E-state index in [1.54, 1.807) is 55.5 Å². The normalized spacial score (nSPS) is 11.4. The van der Waals surface area contributed by atoms with Crippen molar-refractivity contribution in [3.8, 4) is 5.75 Å². The smallest absolute Gasteiger partial charge is 0.265 e. The molecule has 0 spiro atoms. The van der Waals surface area contributed by atoms with Gasteiger partial charge >= 0.3 is 0 Å². The number of anilines is 2. The summed E-state index contributed by atoms with van der Waals surface area (Å²) in [6.45, 7) is 3.09. The van der Waals surface area contributed by atoms with Gasteiger partial charge in [-0.3, -0.25) is 9.59 Å². The number of hydrogen-bond acceptors (Lipinski definition) is 3. The molecular weight excluding hydrogens is 316 g/mol. The summed E-state index contributed by atoms with van der Waals surface area (Å²) in [6.07, 6.45) is -0.680. The van der Waals surface area contributed by atoms with E-state index >= 15 is 0 Å². The Hall–Kier alpha value is -2.53. The Kier molecular flexibility index (Phi) is 5.60. The van der Waals surface area contributed by atoms with Crippen LogP contribution in [0.3, 0.4) is 0 Å². The lowest BCUT2D eigenvalue weighted by molar-refractivity contribution is -0.122. The first-order valence-electron chi connectivity index (χ1n) is 7.05. The Morgan fingerprint density at radius 3 is 2.35 bits per heavy atom. The van der Waals surface area contributed by atoms with E-state index in [2.05, 4.69) is 10.6 Å². The zero-order valence-corrected chi connectivity index (χ0v) is 13.6. The lowest BCUT2D eigenvalue weighted by atomic mass is 10.2. The fraction of sp³-hybridized carbons (Fsp3) is 0.176. The molecule has 0 saturated carbocycles. The quantitative estimate of drug-likeness (QED) is 0.877. The van der Waals surface area contributed by atoms with Crippen molar-refractivity contribution in [1.82, 2.24) is 0 Å². The highest BCUT2D eigenvalue weighted by atomic mass is 35.5. The number of carbonyl (C=O) groups excluding carboxylic acids is 2. The molecule has 0 heterocycles. The van der Waals surface area contributed by atoms with Crippen LogP contribution in [0.25, 0.3) is 0 Å². The van der Waals surface area contributed by atoms with Gasteiger partial charge in [-0.1, -0.05) is 17.7 Å². The van der Waals surface area contributed by atoms with Gasteiger partial charge < -0.3 is 15.4 Å². The average molecular weight is 333 g/mol. The van der Waals surface area contributed by atoms with Crippen molar-refractivity contribution in [3.05, 3.63) is 53.6 Å². The van der Waals surface area contributed by atoms with Crippen molar-refractivity contribution in [2.75, 3.05) is 10.6 Å². The standard InChI is InChI=1S/C17H17ClN2O3/c1-11(17(22)20-15-5-3-4-13(18)10-15)23-16-8-6-14(7-9-16)19-12(2)21/h3-11H,1-2H3,(H,19,21)(H,20,22). The Morgan fingerprint density at radius 2 is 1.74 bits per heavy atom. The molecular formula is C17H17ClN2O3. The number of amides is 2. The van der Waals surface area contributed by atoms with Crippen molar-refractivity contribution in [2.24, 2.45) is 0 Å². The van der Waals surface area contributed by atoms with E-state index in [0.29, 0.717) is 22.1 Å². The zero-order valence-electron chi connectivity index (χ0n) is 12.8. The number of carbonyl (C=O) groups is 2. The molecule has 5 nitrogen and oxygen atoms in total. The molecule has 6 heteroatoms. The fourth-order valence-electron chi connectivity index (χ4n) is 1.89. The van der Waals surface area contributed by atoms with Gasteiger partial charge in [-0.25, -0.2) is 0 Å². The minimum absolute atomic E-state index is 0.145. The molecule has 2 amide bonds. The summed E-state index contributed by atoms with van der Waals surface area (Å²) in [6, 6.07) is 13.7. The molecule has 2 aromatic rings. The van der Waals surface area contributed by atoms with Crippen LogP contribution in [-0.4, -0.2) is 17.9 Å². The summed E-state index contributed by atoms with van der Waals surface area (Å²) < 4.78 is 5.58. The predicted molar refractivity (Wildman–Crippen MR) is 90.9 cm³/mol. The lowest BCUT2D eigenvalue weighted by Gasteiger charge is -2.15. The van der Waals surface area contributed by atoms with Gasteiger partial charge in [-0.2, -0.15) is 0 Å². The third-order valence-corrected chi connectivity index (χ3v) is 3.18. The molecule has 0 aromatic heterocycles. The van der Waals surface area contributed by atoms with Crippen LogP contribution in [-0.2, 0) is 9.59 Å². The maximum Gasteiger partial charge on any atom is 0.265 e. The molecule has 1 atom stereocenters. The fourth-order valence-corrected chi connectivity index (χ4v) is 2.08. The Labute approximate surface area is 139 Å². The molecule has 0 radical (unpaired) electrons. The van der Waals surface area contributed by atoms with E-state index in [1.165, 1.54) is 6.92 Å². The van der Waals surface area contributed by atoms with Crippen LogP contribution in [0.5, 0.6) is 5.75 Å². The molecule has 1 unspecified atom stereocenters. The monoisotopic (exact) mass is 332 g/mol. The zero-order chi connectivity index (χ0) is 16.8. The molecule has 0 aliphatic heterocycles. The number of benzene rings is 2. The van der Waals surface area contributed by atoms with E-state index in [4.69, 9.17) is 16.3 Å². The lowest BCUT2D eigenvalue weighted by Crippen LogP contribution is -2.30. The van der Waals surface area contributed by atoms with Crippen LogP contribution in [0, 0.1) is 0 Å². The third kappa shape index (κ3) is 5.30. The maximum atomic E-state index is 12.1. The summed E-state index contributed by atoms with van der Waals surface area (Å²) in [7, 11) is 0. The molecule has 0 saturated heterocycles. The van der Waals surface area contributed by atoms with Gasteiger partial charge in [0.25, 0.3) is 5.91 Å². The first kappa shape index (κ1) is 16.8. The van der Waals surface area contributed by atoms with E-state index in [-0.39, 0.29) is 11.8 Å². The van der Waals surface area contributed by atoms with Gasteiger partial charge in [0.2, 0.25) is 5.91 Å². The van der Waals surface area contributed by atoms with E-state index in [0.717, 1.165) is 0 Å². The molecule has 2 N–H and O–H groups in total. The van der Waals surface area contributed by atoms with Crippen molar-refractivity contribution >= 4 is 34.8 Å². The SMILES string of the molecule is CC(=O)Nc1ccc(OC(C)C(=O)Nc2cccc(Cl)c2)cc1. The van der Waals surface area contributed by atoms with E-state index in [1.807, 2.05) is 0 Å². The van der Waals surface area contributed by atoms with Crippen molar-refractivity contribution in [1.29, 1.82) is 0 Å². The summed E-state index contributed by atoms with van der Waals surface area (Å²) in [5.74, 6) is 0.110. The molecule has 2 aromatic carbocycles. The maximum absolute atomic E-state index is 12.1. The number of nitrogens with one attached hydrogen (secondary N) is 2. The largest absolute Gasteiger partial charge is 0.481 e. The van der Waals surface area contributed by atoms with Gasteiger partial charge in [0.1, 0.15) is 5.75 Å². The number of rotatable bonds is 5. The molecule has 120 valence electrons. The van der Waals surface area contributed by atoms with Gasteiger partial charge in [-0.05, 0) is 49.4 Å². The van der Waals surface area contributed by atoms with Gasteiger partial charge in [0.05, 0.1) is 0 Å². The van der Waals surface area contributed by atoms with Crippen LogP contribution >= 0.6 is 11.6 Å². The molecule has 23 heavy (non-hydrogen) atoms. The van der Waals surface area contributed by atoms with Gasteiger partial charge in [-0.15, -0.1) is 0 Å². The van der Waals surface area contributed by atoms with Crippen molar-refractivity contribution < 1.29 is 14.3 Å². The Morgan fingerprint density at radius 1 is 1.04 bits per heavy atom. The van der Waals surface area contributed by atoms with Crippen LogP contribution < -0.4 is 15.4 Å². The molecule has 0 bridgehead atoms. The number of ether oxygens (including phenoxy) is 1. The third-order valence-electron chi connectivity index (χ3n) is 2.95.